The largest absolute Gasteiger partial charge is 0.438 e. The number of hydrogen-bond donors (Lipinski definition) is 2. The minimum atomic E-state index is -1.04. The molecule has 1 aromatic heterocycles. The Morgan fingerprint density at radius 2 is 2.00 bits per heavy atom. The van der Waals surface area contributed by atoms with Crippen molar-refractivity contribution in [2.24, 2.45) is 10.9 Å². The van der Waals surface area contributed by atoms with Crippen molar-refractivity contribution in [3.63, 3.8) is 0 Å². The van der Waals surface area contributed by atoms with E-state index in [2.05, 4.69) is 10.1 Å². The van der Waals surface area contributed by atoms with E-state index in [1.165, 1.54) is 6.07 Å². The van der Waals surface area contributed by atoms with E-state index in [1.807, 2.05) is 0 Å². The molecule has 0 bridgehead atoms. The van der Waals surface area contributed by atoms with E-state index in [-0.39, 0.29) is 23.0 Å². The van der Waals surface area contributed by atoms with Gasteiger partial charge in [0.25, 0.3) is 0 Å². The van der Waals surface area contributed by atoms with E-state index in [1.54, 1.807) is 19.1 Å². The average Bonchev–Trinajstić information content (AvgIpc) is 2.42. The van der Waals surface area contributed by atoms with Gasteiger partial charge < -0.3 is 15.7 Å². The highest BCUT2D eigenvalue weighted by Crippen LogP contribution is 2.25. The maximum atomic E-state index is 13.1. The number of aromatic nitrogens is 1. The van der Waals surface area contributed by atoms with Crippen LogP contribution in [0.5, 0.6) is 11.6 Å². The SMILES string of the molecule is Cc1ccc(C(N)=NO)c(Oc2ccc(F)c(F)c2)n1. The molecule has 0 saturated heterocycles. The van der Waals surface area contributed by atoms with Crippen molar-refractivity contribution < 1.29 is 18.7 Å². The van der Waals surface area contributed by atoms with Gasteiger partial charge in [0.2, 0.25) is 5.88 Å². The van der Waals surface area contributed by atoms with Gasteiger partial charge in [-0.25, -0.2) is 13.8 Å². The number of hydrogen-bond acceptors (Lipinski definition) is 4. The summed E-state index contributed by atoms with van der Waals surface area (Å²) in [6.45, 7) is 1.72. The van der Waals surface area contributed by atoms with Crippen molar-refractivity contribution >= 4 is 5.84 Å². The number of ether oxygens (including phenoxy) is 1. The van der Waals surface area contributed by atoms with Gasteiger partial charge in [0.1, 0.15) is 5.75 Å². The first-order valence-corrected chi connectivity index (χ1v) is 5.59. The number of nitrogens with zero attached hydrogens (tertiary/aromatic N) is 2. The lowest BCUT2D eigenvalue weighted by Gasteiger charge is -2.10. The summed E-state index contributed by atoms with van der Waals surface area (Å²) in [4.78, 5) is 4.08. The van der Waals surface area contributed by atoms with Crippen LogP contribution in [0.2, 0.25) is 0 Å². The molecular formula is C13H11F2N3O2. The molecule has 0 unspecified atom stereocenters. The summed E-state index contributed by atoms with van der Waals surface area (Å²) in [7, 11) is 0. The van der Waals surface area contributed by atoms with E-state index in [9.17, 15) is 8.78 Å². The first-order chi connectivity index (χ1) is 9.51. The predicted molar refractivity (Wildman–Crippen MR) is 67.9 cm³/mol. The van der Waals surface area contributed by atoms with Gasteiger partial charge in [-0.05, 0) is 31.2 Å². The number of oxime groups is 1. The quantitative estimate of drug-likeness (QED) is 0.391. The topological polar surface area (TPSA) is 80.7 Å². The van der Waals surface area contributed by atoms with E-state index in [0.29, 0.717) is 5.69 Å². The fourth-order valence-corrected chi connectivity index (χ4v) is 1.51. The number of nitrogens with two attached hydrogens (primary N) is 1. The Balaban J connectivity index is 2.41. The molecule has 3 N–H and O–H groups in total. The fraction of sp³-hybridized carbons (Fsp3) is 0.0769. The highest BCUT2D eigenvalue weighted by molar-refractivity contribution is 5.99. The molecule has 0 aliphatic heterocycles. The summed E-state index contributed by atoms with van der Waals surface area (Å²) in [5.41, 5.74) is 6.36. The smallest absolute Gasteiger partial charge is 0.230 e. The van der Waals surface area contributed by atoms with Crippen LogP contribution in [0, 0.1) is 18.6 Å². The van der Waals surface area contributed by atoms with Crippen molar-refractivity contribution in [2.75, 3.05) is 0 Å². The minimum absolute atomic E-state index is 0.0336. The van der Waals surface area contributed by atoms with Crippen LogP contribution in [-0.2, 0) is 0 Å². The van der Waals surface area contributed by atoms with Gasteiger partial charge in [-0.1, -0.05) is 5.16 Å². The summed E-state index contributed by atoms with van der Waals surface area (Å²) in [6, 6.07) is 6.26. The van der Waals surface area contributed by atoms with Crippen LogP contribution in [0.1, 0.15) is 11.3 Å². The molecule has 7 heteroatoms. The Morgan fingerprint density at radius 1 is 1.25 bits per heavy atom. The number of halogens is 2. The molecule has 0 saturated carbocycles. The second-order valence-corrected chi connectivity index (χ2v) is 3.97. The monoisotopic (exact) mass is 279 g/mol. The first kappa shape index (κ1) is 13.7. The molecule has 2 rings (SSSR count). The average molecular weight is 279 g/mol. The van der Waals surface area contributed by atoms with Gasteiger partial charge in [0.15, 0.2) is 17.5 Å². The fourth-order valence-electron chi connectivity index (χ4n) is 1.51. The second kappa shape index (κ2) is 5.52. The Kier molecular flexibility index (Phi) is 3.79. The molecule has 20 heavy (non-hydrogen) atoms. The summed E-state index contributed by atoms with van der Waals surface area (Å²) < 4.78 is 31.3. The van der Waals surface area contributed by atoms with E-state index >= 15 is 0 Å². The van der Waals surface area contributed by atoms with Crippen LogP contribution in [0.25, 0.3) is 0 Å². The molecule has 0 radical (unpaired) electrons. The third-order valence-corrected chi connectivity index (χ3v) is 2.49. The summed E-state index contributed by atoms with van der Waals surface area (Å²) in [6.07, 6.45) is 0. The molecule has 0 aliphatic carbocycles. The van der Waals surface area contributed by atoms with Crippen LogP contribution in [0.4, 0.5) is 8.78 Å². The molecule has 0 fully saturated rings. The second-order valence-electron chi connectivity index (χ2n) is 3.97. The lowest BCUT2D eigenvalue weighted by Crippen LogP contribution is -2.15. The molecule has 0 atom stereocenters. The maximum absolute atomic E-state index is 13.1. The van der Waals surface area contributed by atoms with E-state index in [4.69, 9.17) is 15.7 Å². The Labute approximate surface area is 113 Å². The standard InChI is InChI=1S/C13H11F2N3O2/c1-7-2-4-9(12(16)18-19)13(17-7)20-8-3-5-10(14)11(15)6-8/h2-6,19H,1H3,(H2,16,18). The Bertz CT molecular complexity index is 675. The molecule has 0 spiro atoms. The summed E-state index contributed by atoms with van der Waals surface area (Å²) in [5, 5.41) is 11.6. The van der Waals surface area contributed by atoms with E-state index in [0.717, 1.165) is 12.1 Å². The van der Waals surface area contributed by atoms with Gasteiger partial charge in [0, 0.05) is 11.8 Å². The number of amidine groups is 1. The number of pyridine rings is 1. The van der Waals surface area contributed by atoms with Crippen LogP contribution in [0.3, 0.4) is 0 Å². The summed E-state index contributed by atoms with van der Waals surface area (Å²) >= 11 is 0. The first-order valence-electron chi connectivity index (χ1n) is 5.59. The van der Waals surface area contributed by atoms with Crippen molar-refractivity contribution in [1.82, 2.24) is 4.98 Å². The highest BCUT2D eigenvalue weighted by atomic mass is 19.2. The Morgan fingerprint density at radius 3 is 2.65 bits per heavy atom. The molecule has 1 heterocycles. The molecule has 0 amide bonds. The molecular weight excluding hydrogens is 268 g/mol. The van der Waals surface area contributed by atoms with Gasteiger partial charge in [-0.15, -0.1) is 0 Å². The molecule has 104 valence electrons. The lowest BCUT2D eigenvalue weighted by atomic mass is 10.2. The zero-order valence-corrected chi connectivity index (χ0v) is 10.5. The minimum Gasteiger partial charge on any atom is -0.438 e. The van der Waals surface area contributed by atoms with E-state index < -0.39 is 11.6 Å². The third-order valence-electron chi connectivity index (χ3n) is 2.49. The zero-order chi connectivity index (χ0) is 14.7. The van der Waals surface area contributed by atoms with Gasteiger partial charge >= 0.3 is 0 Å². The normalized spacial score (nSPS) is 11.4. The van der Waals surface area contributed by atoms with Crippen LogP contribution < -0.4 is 10.5 Å². The predicted octanol–water partition coefficient (Wildman–Crippen LogP) is 2.56. The lowest BCUT2D eigenvalue weighted by molar-refractivity contribution is 0.318. The maximum Gasteiger partial charge on any atom is 0.230 e. The number of benzene rings is 1. The van der Waals surface area contributed by atoms with Crippen LogP contribution >= 0.6 is 0 Å². The Hall–Kier alpha value is -2.70. The van der Waals surface area contributed by atoms with Gasteiger partial charge in [-0.2, -0.15) is 0 Å². The van der Waals surface area contributed by atoms with Gasteiger partial charge in [-0.3, -0.25) is 0 Å². The highest BCUT2D eigenvalue weighted by Gasteiger charge is 2.12. The summed E-state index contributed by atoms with van der Waals surface area (Å²) in [5.74, 6) is -2.14. The molecule has 1 aromatic carbocycles. The molecule has 5 nitrogen and oxygen atoms in total. The number of aryl methyl sites for hydroxylation is 1. The molecule has 2 aromatic rings. The zero-order valence-electron chi connectivity index (χ0n) is 10.5. The third kappa shape index (κ3) is 2.82. The van der Waals surface area contributed by atoms with Crippen LogP contribution in [0.15, 0.2) is 35.5 Å². The molecule has 0 aliphatic rings. The van der Waals surface area contributed by atoms with Crippen molar-refractivity contribution in [3.8, 4) is 11.6 Å². The van der Waals surface area contributed by atoms with Crippen molar-refractivity contribution in [2.45, 2.75) is 6.92 Å². The van der Waals surface area contributed by atoms with Crippen molar-refractivity contribution in [3.05, 3.63) is 53.2 Å². The van der Waals surface area contributed by atoms with Crippen LogP contribution in [-0.4, -0.2) is 16.0 Å². The number of rotatable bonds is 3. The van der Waals surface area contributed by atoms with Gasteiger partial charge in [0.05, 0.1) is 5.56 Å². The van der Waals surface area contributed by atoms with Crippen molar-refractivity contribution in [1.29, 1.82) is 0 Å².